The van der Waals surface area contributed by atoms with Crippen molar-refractivity contribution < 1.29 is 23.4 Å². The molecule has 1 fully saturated rings. The Balaban J connectivity index is 2.03. The molecule has 0 radical (unpaired) electrons. The molecular formula is C19H20F2N4O3S. The SMILES string of the molecule is CCc1cc(C2NNC(=S)N2c2cccc(F)c2F)c(O)cc1OC(=O)N(C)C. The molecular weight excluding hydrogens is 402 g/mol. The fourth-order valence-electron chi connectivity index (χ4n) is 2.92. The number of nitrogens with one attached hydrogen (secondary N) is 2. The van der Waals surface area contributed by atoms with Gasteiger partial charge in [-0.3, -0.25) is 10.3 Å². The van der Waals surface area contributed by atoms with Gasteiger partial charge in [0.2, 0.25) is 0 Å². The van der Waals surface area contributed by atoms with E-state index in [0.29, 0.717) is 17.5 Å². The van der Waals surface area contributed by atoms with Gasteiger partial charge in [-0.1, -0.05) is 13.0 Å². The Hall–Kier alpha value is -2.98. The largest absolute Gasteiger partial charge is 0.507 e. The normalized spacial score (nSPS) is 16.0. The van der Waals surface area contributed by atoms with Crippen molar-refractivity contribution in [1.29, 1.82) is 0 Å². The summed E-state index contributed by atoms with van der Waals surface area (Å²) in [6.45, 7) is 1.86. The monoisotopic (exact) mass is 422 g/mol. The average molecular weight is 422 g/mol. The van der Waals surface area contributed by atoms with E-state index in [0.717, 1.165) is 6.07 Å². The second kappa shape index (κ2) is 8.18. The number of ether oxygens (including phenoxy) is 1. The number of aromatic hydroxyl groups is 1. The first-order valence-electron chi connectivity index (χ1n) is 8.78. The van der Waals surface area contributed by atoms with Gasteiger partial charge in [0.25, 0.3) is 0 Å². The molecule has 1 aliphatic heterocycles. The molecule has 0 spiro atoms. The summed E-state index contributed by atoms with van der Waals surface area (Å²) in [6, 6.07) is 6.71. The highest BCUT2D eigenvalue weighted by Gasteiger charge is 2.35. The van der Waals surface area contributed by atoms with Crippen LogP contribution in [0.15, 0.2) is 30.3 Å². The van der Waals surface area contributed by atoms with Crippen molar-refractivity contribution in [2.75, 3.05) is 19.0 Å². The van der Waals surface area contributed by atoms with Crippen LogP contribution >= 0.6 is 12.2 Å². The average Bonchev–Trinajstić information content (AvgIpc) is 3.05. The van der Waals surface area contributed by atoms with Crippen molar-refractivity contribution in [2.24, 2.45) is 0 Å². The van der Waals surface area contributed by atoms with E-state index in [1.165, 1.54) is 28.0 Å². The first kappa shape index (κ1) is 20.7. The van der Waals surface area contributed by atoms with Crippen molar-refractivity contribution in [2.45, 2.75) is 19.5 Å². The van der Waals surface area contributed by atoms with Crippen molar-refractivity contribution in [3.8, 4) is 11.5 Å². The van der Waals surface area contributed by atoms with Gasteiger partial charge in [-0.15, -0.1) is 0 Å². The summed E-state index contributed by atoms with van der Waals surface area (Å²) in [4.78, 5) is 14.5. The molecule has 1 atom stereocenters. The van der Waals surface area contributed by atoms with E-state index in [2.05, 4.69) is 10.9 Å². The van der Waals surface area contributed by atoms with E-state index < -0.39 is 23.9 Å². The Morgan fingerprint density at radius 2 is 2.07 bits per heavy atom. The van der Waals surface area contributed by atoms with Crippen LogP contribution < -0.4 is 20.5 Å². The lowest BCUT2D eigenvalue weighted by molar-refractivity contribution is 0.171. The van der Waals surface area contributed by atoms with Gasteiger partial charge in [-0.25, -0.2) is 19.0 Å². The molecule has 10 heteroatoms. The van der Waals surface area contributed by atoms with Crippen LogP contribution in [0.25, 0.3) is 0 Å². The van der Waals surface area contributed by atoms with E-state index in [1.807, 2.05) is 6.92 Å². The van der Waals surface area contributed by atoms with Crippen molar-refractivity contribution >= 4 is 29.1 Å². The molecule has 3 rings (SSSR count). The van der Waals surface area contributed by atoms with Crippen LogP contribution in [-0.2, 0) is 6.42 Å². The Labute approximate surface area is 171 Å². The Bertz CT molecular complexity index is 971. The molecule has 7 nitrogen and oxygen atoms in total. The number of nitrogens with zero attached hydrogens (tertiary/aromatic N) is 2. The van der Waals surface area contributed by atoms with E-state index in [1.54, 1.807) is 20.2 Å². The second-order valence-electron chi connectivity index (χ2n) is 6.55. The number of amides is 1. The van der Waals surface area contributed by atoms with Crippen LogP contribution in [0.3, 0.4) is 0 Å². The number of carbonyl (C=O) groups excluding carboxylic acids is 1. The number of hydrogen-bond acceptors (Lipinski definition) is 5. The molecule has 1 saturated heterocycles. The zero-order valence-corrected chi connectivity index (χ0v) is 16.8. The van der Waals surface area contributed by atoms with Crippen LogP contribution in [0.2, 0.25) is 0 Å². The quantitative estimate of drug-likeness (QED) is 0.654. The standard InChI is InChI=1S/C19H20F2N4O3S/c1-4-10-8-11(14(26)9-15(10)28-19(27)24(2)3)17-22-23-18(29)25(17)13-7-5-6-12(20)16(13)21/h5-9,17,22,26H,4H2,1-3H3,(H,23,29). The Morgan fingerprint density at radius 1 is 1.34 bits per heavy atom. The second-order valence-corrected chi connectivity index (χ2v) is 6.94. The molecule has 1 amide bonds. The minimum absolute atomic E-state index is 0.0851. The van der Waals surface area contributed by atoms with Gasteiger partial charge in [-0.2, -0.15) is 0 Å². The summed E-state index contributed by atoms with van der Waals surface area (Å²) in [7, 11) is 3.09. The molecule has 1 heterocycles. The van der Waals surface area contributed by atoms with Crippen LogP contribution in [0.1, 0.15) is 24.2 Å². The number of phenols is 1. The molecule has 3 N–H and O–H groups in total. The highest BCUT2D eigenvalue weighted by atomic mass is 32.1. The van der Waals surface area contributed by atoms with Crippen molar-refractivity contribution in [3.05, 3.63) is 53.1 Å². The lowest BCUT2D eigenvalue weighted by Crippen LogP contribution is -2.31. The summed E-state index contributed by atoms with van der Waals surface area (Å²) in [6.07, 6.45) is -0.901. The zero-order chi connectivity index (χ0) is 21.3. The van der Waals surface area contributed by atoms with Gasteiger partial charge >= 0.3 is 6.09 Å². The van der Waals surface area contributed by atoms with E-state index in [-0.39, 0.29) is 22.3 Å². The predicted octanol–water partition coefficient (Wildman–Crippen LogP) is 3.19. The van der Waals surface area contributed by atoms with Crippen LogP contribution in [0.4, 0.5) is 19.3 Å². The molecule has 0 saturated carbocycles. The fourth-order valence-corrected chi connectivity index (χ4v) is 3.19. The zero-order valence-electron chi connectivity index (χ0n) is 16.0. The highest BCUT2D eigenvalue weighted by molar-refractivity contribution is 7.80. The molecule has 0 bridgehead atoms. The fraction of sp³-hybridized carbons (Fsp3) is 0.263. The van der Waals surface area contributed by atoms with E-state index >= 15 is 0 Å². The van der Waals surface area contributed by atoms with Gasteiger partial charge in [0.15, 0.2) is 16.7 Å². The Morgan fingerprint density at radius 3 is 2.72 bits per heavy atom. The number of carbonyl (C=O) groups is 1. The molecule has 0 aromatic heterocycles. The van der Waals surface area contributed by atoms with Crippen LogP contribution in [0, 0.1) is 11.6 Å². The van der Waals surface area contributed by atoms with Gasteiger partial charge in [0, 0.05) is 25.7 Å². The van der Waals surface area contributed by atoms with Crippen LogP contribution in [0.5, 0.6) is 11.5 Å². The molecule has 1 aliphatic rings. The summed E-state index contributed by atoms with van der Waals surface area (Å²) in [5.41, 5.74) is 6.47. The van der Waals surface area contributed by atoms with Gasteiger partial charge in [0.05, 0.1) is 5.69 Å². The molecule has 0 aliphatic carbocycles. The number of aryl methyl sites for hydroxylation is 1. The maximum Gasteiger partial charge on any atom is 0.414 e. The molecule has 2 aromatic carbocycles. The van der Waals surface area contributed by atoms with E-state index in [9.17, 15) is 18.7 Å². The minimum Gasteiger partial charge on any atom is -0.507 e. The topological polar surface area (TPSA) is 77.1 Å². The number of hydrazine groups is 1. The number of phenolic OH excluding ortho intramolecular Hbond substituents is 1. The molecule has 29 heavy (non-hydrogen) atoms. The minimum atomic E-state index is -1.06. The first-order chi connectivity index (χ1) is 13.7. The molecule has 2 aromatic rings. The lowest BCUT2D eigenvalue weighted by Gasteiger charge is -2.26. The maximum atomic E-state index is 14.4. The third-order valence-corrected chi connectivity index (χ3v) is 4.73. The number of thiocarbonyl (C=S) groups is 1. The van der Waals surface area contributed by atoms with E-state index in [4.69, 9.17) is 17.0 Å². The summed E-state index contributed by atoms with van der Waals surface area (Å²) >= 11 is 5.23. The van der Waals surface area contributed by atoms with Crippen molar-refractivity contribution in [1.82, 2.24) is 15.8 Å². The maximum absolute atomic E-state index is 14.4. The first-order valence-corrected chi connectivity index (χ1v) is 9.19. The van der Waals surface area contributed by atoms with Crippen LogP contribution in [-0.4, -0.2) is 35.3 Å². The van der Waals surface area contributed by atoms with Gasteiger partial charge in [0.1, 0.15) is 17.7 Å². The summed E-state index contributed by atoms with van der Waals surface area (Å²) < 4.78 is 33.4. The molecule has 154 valence electrons. The Kier molecular flexibility index (Phi) is 5.85. The third kappa shape index (κ3) is 3.94. The summed E-state index contributed by atoms with van der Waals surface area (Å²) in [5, 5.41) is 10.7. The number of rotatable bonds is 4. The smallest absolute Gasteiger partial charge is 0.414 e. The number of hydrogen-bond donors (Lipinski definition) is 3. The van der Waals surface area contributed by atoms with Gasteiger partial charge in [-0.05, 0) is 42.4 Å². The predicted molar refractivity (Wildman–Crippen MR) is 108 cm³/mol. The molecule has 1 unspecified atom stereocenters. The summed E-state index contributed by atoms with van der Waals surface area (Å²) in [5.74, 6) is -2.06. The van der Waals surface area contributed by atoms with Gasteiger partial charge < -0.3 is 14.7 Å². The lowest BCUT2D eigenvalue weighted by atomic mass is 10.0. The highest BCUT2D eigenvalue weighted by Crippen LogP contribution is 2.38. The third-order valence-electron chi connectivity index (χ3n) is 4.43. The number of benzene rings is 2. The number of halogens is 2. The van der Waals surface area contributed by atoms with Crippen molar-refractivity contribution in [3.63, 3.8) is 0 Å². The number of anilines is 1.